The first-order valence-electron chi connectivity index (χ1n) is 10.9. The molecule has 0 bridgehead atoms. The number of nitrogens with zero attached hydrogens (tertiary/aromatic N) is 4. The highest BCUT2D eigenvalue weighted by molar-refractivity contribution is 9.10. The van der Waals surface area contributed by atoms with E-state index in [-0.39, 0.29) is 23.9 Å². The van der Waals surface area contributed by atoms with Gasteiger partial charge in [0.15, 0.2) is 5.16 Å². The molecule has 11 heteroatoms. The summed E-state index contributed by atoms with van der Waals surface area (Å²) >= 11 is 4.76. The van der Waals surface area contributed by atoms with Gasteiger partial charge in [-0.2, -0.15) is 0 Å². The van der Waals surface area contributed by atoms with E-state index in [9.17, 15) is 14.5 Å². The summed E-state index contributed by atoms with van der Waals surface area (Å²) in [6, 6.07) is 18.9. The van der Waals surface area contributed by atoms with E-state index >= 15 is 0 Å². The van der Waals surface area contributed by atoms with Crippen molar-refractivity contribution in [2.24, 2.45) is 0 Å². The van der Waals surface area contributed by atoms with E-state index in [1.807, 2.05) is 35.8 Å². The lowest BCUT2D eigenvalue weighted by Gasteiger charge is -2.16. The lowest BCUT2D eigenvalue weighted by Crippen LogP contribution is -2.11. The molecule has 4 aromatic rings. The monoisotopic (exact) mass is 572 g/mol. The van der Waals surface area contributed by atoms with Gasteiger partial charge in [0.05, 0.1) is 11.6 Å². The van der Waals surface area contributed by atoms with Crippen molar-refractivity contribution in [3.8, 4) is 17.2 Å². The summed E-state index contributed by atoms with van der Waals surface area (Å²) in [4.78, 5) is 11.2. The van der Waals surface area contributed by atoms with E-state index in [0.29, 0.717) is 26.8 Å². The van der Waals surface area contributed by atoms with Crippen LogP contribution >= 0.6 is 27.7 Å². The Balaban J connectivity index is 1.57. The number of aromatic nitrogens is 3. The van der Waals surface area contributed by atoms with Crippen LogP contribution in [0.15, 0.2) is 76.4 Å². The van der Waals surface area contributed by atoms with Crippen molar-refractivity contribution < 1.29 is 18.8 Å². The van der Waals surface area contributed by atoms with Crippen LogP contribution in [0, 0.1) is 22.9 Å². The highest BCUT2D eigenvalue weighted by atomic mass is 79.9. The van der Waals surface area contributed by atoms with Crippen molar-refractivity contribution in [1.82, 2.24) is 14.8 Å². The van der Waals surface area contributed by atoms with Crippen molar-refractivity contribution >= 4 is 27.7 Å². The van der Waals surface area contributed by atoms with Gasteiger partial charge in [-0.3, -0.25) is 14.7 Å². The number of ether oxygens (including phenoxy) is 2. The van der Waals surface area contributed by atoms with Gasteiger partial charge in [0, 0.05) is 10.6 Å². The standard InChI is InChI=1S/C25H22BrFN4O4S/c1-16-28-29-25(31(16)20-7-9-21(34-2)10-8-20)36-24(14-30(32)33)18-6-11-23(22(26)13-18)35-15-17-4-3-5-19(27)12-17/h3-13,24H,14-15H2,1-2H3/t24-/m0/s1. The molecule has 0 aliphatic heterocycles. The van der Waals surface area contributed by atoms with Crippen LogP contribution in [0.2, 0.25) is 0 Å². The number of hydrogen-bond donors (Lipinski definition) is 0. The van der Waals surface area contributed by atoms with Gasteiger partial charge < -0.3 is 9.47 Å². The Kier molecular flexibility index (Phi) is 8.21. The molecule has 4 rings (SSSR count). The summed E-state index contributed by atoms with van der Waals surface area (Å²) in [6.07, 6.45) is 0. The fourth-order valence-electron chi connectivity index (χ4n) is 3.54. The van der Waals surface area contributed by atoms with E-state index in [2.05, 4.69) is 26.1 Å². The molecular weight excluding hydrogens is 551 g/mol. The van der Waals surface area contributed by atoms with E-state index < -0.39 is 5.25 Å². The molecule has 0 aliphatic carbocycles. The molecule has 0 fully saturated rings. The van der Waals surface area contributed by atoms with E-state index in [1.54, 1.807) is 37.4 Å². The average Bonchev–Trinajstić information content (AvgIpc) is 3.22. The van der Waals surface area contributed by atoms with Gasteiger partial charge in [0.2, 0.25) is 6.54 Å². The maximum absolute atomic E-state index is 13.4. The number of aryl methyl sites for hydroxylation is 1. The van der Waals surface area contributed by atoms with Crippen molar-refractivity contribution in [2.75, 3.05) is 13.7 Å². The molecule has 8 nitrogen and oxygen atoms in total. The molecule has 0 saturated heterocycles. The average molecular weight is 573 g/mol. The van der Waals surface area contributed by atoms with E-state index in [0.717, 1.165) is 17.0 Å². The largest absolute Gasteiger partial charge is 0.497 e. The fraction of sp³-hybridized carbons (Fsp3) is 0.200. The zero-order valence-electron chi connectivity index (χ0n) is 19.4. The molecule has 1 heterocycles. The quantitative estimate of drug-likeness (QED) is 0.127. The Morgan fingerprint density at radius 3 is 2.58 bits per heavy atom. The van der Waals surface area contributed by atoms with Crippen LogP contribution in [-0.4, -0.2) is 33.3 Å². The maximum Gasteiger partial charge on any atom is 0.220 e. The highest BCUT2D eigenvalue weighted by Crippen LogP contribution is 2.39. The van der Waals surface area contributed by atoms with Gasteiger partial charge >= 0.3 is 0 Å². The third-order valence-corrected chi connectivity index (χ3v) is 7.10. The zero-order valence-corrected chi connectivity index (χ0v) is 21.8. The number of nitro groups is 1. The molecule has 0 saturated carbocycles. The number of benzene rings is 3. The molecule has 3 aromatic carbocycles. The number of rotatable bonds is 10. The Hall–Kier alpha value is -3.44. The Labute approximate surface area is 219 Å². The van der Waals surface area contributed by atoms with E-state index in [4.69, 9.17) is 9.47 Å². The molecule has 186 valence electrons. The van der Waals surface area contributed by atoms with Crippen LogP contribution < -0.4 is 9.47 Å². The summed E-state index contributed by atoms with van der Waals surface area (Å²) in [5.74, 6) is 1.59. The molecular formula is C25H22BrFN4O4S. The number of thioether (sulfide) groups is 1. The molecule has 0 unspecified atom stereocenters. The first kappa shape index (κ1) is 25.6. The summed E-state index contributed by atoms with van der Waals surface area (Å²) < 4.78 is 27.0. The molecule has 0 N–H and O–H groups in total. The van der Waals surface area contributed by atoms with Crippen LogP contribution in [0.4, 0.5) is 4.39 Å². The normalized spacial score (nSPS) is 11.8. The minimum atomic E-state index is -0.533. The fourth-order valence-corrected chi connectivity index (χ4v) is 5.22. The molecule has 1 atom stereocenters. The van der Waals surface area contributed by atoms with Crippen LogP contribution in [0.1, 0.15) is 22.2 Å². The van der Waals surface area contributed by atoms with Gasteiger partial charge in [0.1, 0.15) is 35.0 Å². The minimum Gasteiger partial charge on any atom is -0.497 e. The molecule has 36 heavy (non-hydrogen) atoms. The summed E-state index contributed by atoms with van der Waals surface area (Å²) in [5.41, 5.74) is 2.24. The first-order valence-corrected chi connectivity index (χ1v) is 12.5. The molecule has 0 radical (unpaired) electrons. The highest BCUT2D eigenvalue weighted by Gasteiger charge is 2.24. The zero-order chi connectivity index (χ0) is 25.7. The predicted molar refractivity (Wildman–Crippen MR) is 138 cm³/mol. The van der Waals surface area contributed by atoms with Crippen molar-refractivity contribution in [2.45, 2.75) is 23.9 Å². The summed E-state index contributed by atoms with van der Waals surface area (Å²) in [6.45, 7) is 1.70. The number of hydrogen-bond acceptors (Lipinski definition) is 7. The Bertz CT molecular complexity index is 1370. The molecule has 1 aromatic heterocycles. The van der Waals surface area contributed by atoms with Crippen LogP contribution in [0.25, 0.3) is 5.69 Å². The smallest absolute Gasteiger partial charge is 0.220 e. The lowest BCUT2D eigenvalue weighted by atomic mass is 10.1. The molecule has 0 aliphatic rings. The third kappa shape index (κ3) is 6.21. The molecule has 0 spiro atoms. The number of methoxy groups -OCH3 is 1. The van der Waals surface area contributed by atoms with Crippen molar-refractivity contribution in [1.29, 1.82) is 0 Å². The first-order chi connectivity index (χ1) is 17.3. The second-order valence-electron chi connectivity index (χ2n) is 7.79. The van der Waals surface area contributed by atoms with Crippen LogP contribution in [0.5, 0.6) is 11.5 Å². The summed E-state index contributed by atoms with van der Waals surface area (Å²) in [7, 11) is 1.60. The number of halogens is 2. The minimum absolute atomic E-state index is 0.188. The predicted octanol–water partition coefficient (Wildman–Crippen LogP) is 6.18. The maximum atomic E-state index is 13.4. The van der Waals surface area contributed by atoms with Gasteiger partial charge in [0.25, 0.3) is 0 Å². The van der Waals surface area contributed by atoms with Gasteiger partial charge in [-0.1, -0.05) is 30.0 Å². The Morgan fingerprint density at radius 1 is 1.14 bits per heavy atom. The van der Waals surface area contributed by atoms with Crippen LogP contribution in [-0.2, 0) is 6.61 Å². The molecule has 0 amide bonds. The lowest BCUT2D eigenvalue weighted by molar-refractivity contribution is -0.479. The van der Waals surface area contributed by atoms with E-state index in [1.165, 1.54) is 23.9 Å². The van der Waals surface area contributed by atoms with Crippen molar-refractivity contribution in [3.63, 3.8) is 0 Å². The summed E-state index contributed by atoms with van der Waals surface area (Å²) in [5, 5.41) is 20.0. The van der Waals surface area contributed by atoms with Crippen molar-refractivity contribution in [3.05, 3.63) is 104 Å². The topological polar surface area (TPSA) is 92.3 Å². The van der Waals surface area contributed by atoms with Crippen LogP contribution in [0.3, 0.4) is 0 Å². The van der Waals surface area contributed by atoms with Gasteiger partial charge in [-0.05, 0) is 82.5 Å². The Morgan fingerprint density at radius 2 is 1.92 bits per heavy atom. The second-order valence-corrected chi connectivity index (χ2v) is 9.82. The van der Waals surface area contributed by atoms with Gasteiger partial charge in [-0.15, -0.1) is 10.2 Å². The van der Waals surface area contributed by atoms with Gasteiger partial charge in [-0.25, -0.2) is 4.39 Å². The SMILES string of the molecule is COc1ccc(-n2c(C)nnc2S[C@@H](C[N+](=O)[O-])c2ccc(OCc3cccc(F)c3)c(Br)c2)cc1. The second kappa shape index (κ2) is 11.5. The third-order valence-electron chi connectivity index (χ3n) is 5.30.